The summed E-state index contributed by atoms with van der Waals surface area (Å²) in [6, 6.07) is 11.1. The van der Waals surface area contributed by atoms with Crippen molar-refractivity contribution in [3.05, 3.63) is 53.1 Å². The molecule has 160 valence electrons. The number of benzene rings is 2. The third kappa shape index (κ3) is 4.77. The minimum absolute atomic E-state index is 0.0199. The second-order valence-corrected chi connectivity index (χ2v) is 8.88. The third-order valence-electron chi connectivity index (χ3n) is 4.50. The summed E-state index contributed by atoms with van der Waals surface area (Å²) in [7, 11) is -4.19. The van der Waals surface area contributed by atoms with Crippen molar-refractivity contribution in [1.29, 1.82) is 5.26 Å². The highest BCUT2D eigenvalue weighted by molar-refractivity contribution is 7.90. The number of fused-ring (bicyclic) bond motifs is 1. The van der Waals surface area contributed by atoms with Crippen LogP contribution in [0.4, 0.5) is 0 Å². The van der Waals surface area contributed by atoms with Gasteiger partial charge in [0, 0.05) is 17.6 Å². The number of methoxy groups -OCH3 is 1. The van der Waals surface area contributed by atoms with Crippen LogP contribution in [0.2, 0.25) is 0 Å². The second kappa shape index (κ2) is 8.89. The molecule has 1 aliphatic heterocycles. The van der Waals surface area contributed by atoms with Gasteiger partial charge in [-0.2, -0.15) is 18.8 Å². The van der Waals surface area contributed by atoms with E-state index in [-0.39, 0.29) is 33.4 Å². The van der Waals surface area contributed by atoms with E-state index in [9.17, 15) is 18.5 Å². The van der Waals surface area contributed by atoms with Crippen LogP contribution >= 0.6 is 0 Å². The van der Waals surface area contributed by atoms with Gasteiger partial charge in [0.15, 0.2) is 5.84 Å². The van der Waals surface area contributed by atoms with Gasteiger partial charge < -0.3 is 14.8 Å². The maximum Gasteiger partial charge on any atom is 0.492 e. The molecule has 0 spiro atoms. The number of nitrogens with zero attached hydrogens (tertiary/aromatic N) is 4. The summed E-state index contributed by atoms with van der Waals surface area (Å²) in [6.45, 7) is 4.33. The standard InChI is InChI=1S/C20H21BN4O5S/c1-13(2)12-25(23-11-15-5-7-17(21(26)27)18(8-15)30-3)20-16-6-4-14(10-22)9-19(16)31(28,29)24-20/h4-9,11,13,26-27H,12H2,1-3H3/b23-11+. The summed E-state index contributed by atoms with van der Waals surface area (Å²) >= 11 is 0. The second-order valence-electron chi connectivity index (χ2n) is 7.31. The van der Waals surface area contributed by atoms with Gasteiger partial charge in [0.05, 0.1) is 25.0 Å². The van der Waals surface area contributed by atoms with Gasteiger partial charge in [0.25, 0.3) is 10.0 Å². The molecule has 9 nitrogen and oxygen atoms in total. The van der Waals surface area contributed by atoms with Crippen LogP contribution in [-0.4, -0.2) is 56.3 Å². The molecule has 0 fully saturated rings. The number of hydrogen-bond donors (Lipinski definition) is 2. The summed E-state index contributed by atoms with van der Waals surface area (Å²) in [5.74, 6) is 0.606. The van der Waals surface area contributed by atoms with Gasteiger partial charge in [-0.1, -0.05) is 26.0 Å². The zero-order chi connectivity index (χ0) is 22.8. The molecule has 1 heterocycles. The van der Waals surface area contributed by atoms with E-state index in [1.54, 1.807) is 18.2 Å². The molecule has 2 aromatic carbocycles. The van der Waals surface area contributed by atoms with Crippen molar-refractivity contribution in [2.45, 2.75) is 18.7 Å². The average molecular weight is 440 g/mol. The fourth-order valence-electron chi connectivity index (χ4n) is 3.08. The first-order chi connectivity index (χ1) is 14.7. The number of hydrogen-bond acceptors (Lipinski definition) is 8. The molecule has 2 aromatic rings. The molecule has 0 unspecified atom stereocenters. The quantitative estimate of drug-likeness (QED) is 0.383. The van der Waals surface area contributed by atoms with Gasteiger partial charge in [0.2, 0.25) is 0 Å². The Morgan fingerprint density at radius 3 is 2.65 bits per heavy atom. The number of ether oxygens (including phenoxy) is 1. The lowest BCUT2D eigenvalue weighted by Crippen LogP contribution is -2.31. The van der Waals surface area contributed by atoms with E-state index in [2.05, 4.69) is 9.50 Å². The fraction of sp³-hybridized carbons (Fsp3) is 0.250. The SMILES string of the molecule is COc1cc(/C=N/N(CC(C)C)C2=NS(=O)(=O)c3cc(C#N)ccc32)ccc1B(O)O. The van der Waals surface area contributed by atoms with E-state index < -0.39 is 17.1 Å². The monoisotopic (exact) mass is 440 g/mol. The lowest BCUT2D eigenvalue weighted by atomic mass is 9.79. The van der Waals surface area contributed by atoms with Crippen LogP contribution in [0.25, 0.3) is 0 Å². The lowest BCUT2D eigenvalue weighted by molar-refractivity contribution is 0.385. The van der Waals surface area contributed by atoms with Gasteiger partial charge in [-0.15, -0.1) is 4.40 Å². The van der Waals surface area contributed by atoms with Crippen molar-refractivity contribution in [2.24, 2.45) is 15.4 Å². The summed E-state index contributed by atoms with van der Waals surface area (Å²) < 4.78 is 34.2. The molecular weight excluding hydrogens is 419 g/mol. The molecule has 0 amide bonds. The van der Waals surface area contributed by atoms with Crippen LogP contribution in [-0.2, 0) is 10.0 Å². The predicted molar refractivity (Wildman–Crippen MR) is 117 cm³/mol. The molecule has 0 atom stereocenters. The number of rotatable bonds is 6. The van der Waals surface area contributed by atoms with Crippen LogP contribution in [0.3, 0.4) is 0 Å². The first-order valence-electron chi connectivity index (χ1n) is 9.41. The molecule has 0 saturated heterocycles. The van der Waals surface area contributed by atoms with E-state index in [0.717, 1.165) is 0 Å². The van der Waals surface area contributed by atoms with Crippen molar-refractivity contribution in [2.75, 3.05) is 13.7 Å². The Morgan fingerprint density at radius 1 is 1.29 bits per heavy atom. The van der Waals surface area contributed by atoms with Crippen LogP contribution in [0.5, 0.6) is 5.75 Å². The number of hydrazone groups is 1. The van der Waals surface area contributed by atoms with Crippen molar-refractivity contribution in [1.82, 2.24) is 5.01 Å². The zero-order valence-electron chi connectivity index (χ0n) is 17.2. The highest BCUT2D eigenvalue weighted by Crippen LogP contribution is 2.29. The van der Waals surface area contributed by atoms with Crippen LogP contribution in [0.1, 0.15) is 30.5 Å². The molecule has 31 heavy (non-hydrogen) atoms. The molecule has 0 aromatic heterocycles. The van der Waals surface area contributed by atoms with Crippen LogP contribution in [0.15, 0.2) is 50.8 Å². The fourth-order valence-corrected chi connectivity index (χ4v) is 4.31. The van der Waals surface area contributed by atoms with Gasteiger partial charge in [0.1, 0.15) is 10.6 Å². The van der Waals surface area contributed by atoms with E-state index in [1.165, 1.54) is 36.5 Å². The molecule has 1 aliphatic rings. The molecule has 0 bridgehead atoms. The first kappa shape index (κ1) is 22.5. The summed E-state index contributed by atoms with van der Waals surface area (Å²) in [5.41, 5.74) is 1.44. The van der Waals surface area contributed by atoms with Gasteiger partial charge in [-0.05, 0) is 35.7 Å². The number of amidine groups is 1. The van der Waals surface area contributed by atoms with Gasteiger partial charge in [-0.25, -0.2) is 5.01 Å². The highest BCUT2D eigenvalue weighted by atomic mass is 32.2. The smallest absolute Gasteiger partial charge is 0.492 e. The third-order valence-corrected chi connectivity index (χ3v) is 5.81. The van der Waals surface area contributed by atoms with Gasteiger partial charge in [-0.3, -0.25) is 0 Å². The number of nitriles is 1. The van der Waals surface area contributed by atoms with E-state index in [0.29, 0.717) is 17.7 Å². The average Bonchev–Trinajstić information content (AvgIpc) is 3.00. The molecule has 0 saturated carbocycles. The zero-order valence-corrected chi connectivity index (χ0v) is 18.0. The Morgan fingerprint density at radius 2 is 2.03 bits per heavy atom. The highest BCUT2D eigenvalue weighted by Gasteiger charge is 2.32. The molecule has 0 radical (unpaired) electrons. The van der Waals surface area contributed by atoms with Gasteiger partial charge >= 0.3 is 7.12 Å². The van der Waals surface area contributed by atoms with Crippen molar-refractivity contribution < 1.29 is 23.2 Å². The molecule has 3 rings (SSSR count). The van der Waals surface area contributed by atoms with Crippen LogP contribution in [0, 0.1) is 17.2 Å². The van der Waals surface area contributed by atoms with E-state index >= 15 is 0 Å². The predicted octanol–water partition coefficient (Wildman–Crippen LogP) is 0.688. The Hall–Kier alpha value is -3.20. The minimum Gasteiger partial charge on any atom is -0.497 e. The largest absolute Gasteiger partial charge is 0.497 e. The van der Waals surface area contributed by atoms with E-state index in [1.807, 2.05) is 19.9 Å². The van der Waals surface area contributed by atoms with Crippen molar-refractivity contribution >= 4 is 34.7 Å². The molecule has 11 heteroatoms. The normalized spacial score (nSPS) is 14.3. The molecular formula is C20H21BN4O5S. The molecule has 0 aliphatic carbocycles. The first-order valence-corrected chi connectivity index (χ1v) is 10.9. The van der Waals surface area contributed by atoms with Crippen molar-refractivity contribution in [3.8, 4) is 11.8 Å². The Kier molecular flexibility index (Phi) is 6.45. The number of sulfonamides is 1. The lowest BCUT2D eigenvalue weighted by Gasteiger charge is -2.21. The Labute approximate surface area is 181 Å². The van der Waals surface area contributed by atoms with E-state index in [4.69, 9.17) is 10.00 Å². The summed E-state index contributed by atoms with van der Waals surface area (Å²) in [5, 5.41) is 33.8. The maximum absolute atomic E-state index is 12.5. The Balaban J connectivity index is 2.01. The van der Waals surface area contributed by atoms with Crippen LogP contribution < -0.4 is 10.2 Å². The minimum atomic E-state index is -3.93. The Bertz CT molecular complexity index is 1200. The summed E-state index contributed by atoms with van der Waals surface area (Å²) in [4.78, 5) is -0.0199. The summed E-state index contributed by atoms with van der Waals surface area (Å²) in [6.07, 6.45) is 1.51. The maximum atomic E-state index is 12.5. The topological polar surface area (TPSA) is 136 Å². The van der Waals surface area contributed by atoms with Crippen molar-refractivity contribution in [3.63, 3.8) is 0 Å². The molecule has 2 N–H and O–H groups in total.